The first-order valence-corrected chi connectivity index (χ1v) is 1.50. The van der Waals surface area contributed by atoms with Gasteiger partial charge in [0.2, 0.25) is 0 Å². The van der Waals surface area contributed by atoms with E-state index in [0.717, 1.165) is 0 Å². The van der Waals surface area contributed by atoms with E-state index in [4.69, 9.17) is 4.79 Å². The van der Waals surface area contributed by atoms with Crippen molar-refractivity contribution in [1.29, 1.82) is 0 Å². The minimum Gasteiger partial charge on any atom is -0.275 e. The van der Waals surface area contributed by atoms with E-state index in [0.29, 0.717) is 0 Å². The van der Waals surface area contributed by atoms with Gasteiger partial charge in [0.05, 0.1) is 0 Å². The second-order valence-corrected chi connectivity index (χ2v) is 0.977. The van der Waals surface area contributed by atoms with Crippen LogP contribution in [0.3, 0.4) is 0 Å². The summed E-state index contributed by atoms with van der Waals surface area (Å²) in [7, 11) is 0. The van der Waals surface area contributed by atoms with Gasteiger partial charge in [0, 0.05) is 0 Å². The molecule has 0 fully saturated rings. The maximum Gasteiger partial charge on any atom is 0.310 e. The van der Waals surface area contributed by atoms with Gasteiger partial charge in [0.25, 0.3) is 5.24 Å². The van der Waals surface area contributed by atoms with Gasteiger partial charge in [-0.3, -0.25) is 4.79 Å². The van der Waals surface area contributed by atoms with Gasteiger partial charge in [-0.1, -0.05) is 0 Å². The first-order chi connectivity index (χ1) is 2.64. The molecule has 44 valence electrons. The van der Waals surface area contributed by atoms with Crippen molar-refractivity contribution in [3.8, 4) is 0 Å². The smallest absolute Gasteiger partial charge is 0.275 e. The number of alkyl halides is 2. The second-order valence-electron chi connectivity index (χ2n) is 0.605. The van der Waals surface area contributed by atoms with E-state index in [1.807, 2.05) is 0 Å². The molecule has 0 spiro atoms. The Labute approximate surface area is 50.1 Å². The lowest BCUT2D eigenvalue weighted by atomic mass is 10.8. The lowest BCUT2D eigenvalue weighted by Crippen LogP contribution is -1.98. The standard InChI is InChI=1S/C2HClF2O.ClH/c3-1(6)2(4)5;/h2H;1H. The van der Waals surface area contributed by atoms with E-state index in [2.05, 4.69) is 11.6 Å². The molecular weight excluding hydrogens is 149 g/mol. The van der Waals surface area contributed by atoms with Crippen LogP contribution in [0.4, 0.5) is 8.78 Å². The Kier molecular flexibility index (Phi) is 6.21. The number of carbonyl (C=O) groups is 1. The maximum atomic E-state index is 10.7. The lowest BCUT2D eigenvalue weighted by molar-refractivity contribution is -0.121. The quantitative estimate of drug-likeness (QED) is 0.518. The van der Waals surface area contributed by atoms with Crippen molar-refractivity contribution in [3.63, 3.8) is 0 Å². The SMILES string of the molecule is Cl.O=C(Cl)C(F)F. The fourth-order valence-corrected chi connectivity index (χ4v) is 0. The van der Waals surface area contributed by atoms with E-state index >= 15 is 0 Å². The van der Waals surface area contributed by atoms with Gasteiger partial charge in [-0.05, 0) is 11.6 Å². The Balaban J connectivity index is 0. The van der Waals surface area contributed by atoms with E-state index in [-0.39, 0.29) is 12.4 Å². The molecule has 0 aromatic heterocycles. The molecule has 0 radical (unpaired) electrons. The molecule has 5 heteroatoms. The summed E-state index contributed by atoms with van der Waals surface area (Å²) in [6, 6.07) is 0. The van der Waals surface area contributed by atoms with Crippen LogP contribution >= 0.6 is 24.0 Å². The van der Waals surface area contributed by atoms with Crippen LogP contribution in [-0.2, 0) is 4.79 Å². The summed E-state index contributed by atoms with van der Waals surface area (Å²) in [5.74, 6) is 0. The highest BCUT2D eigenvalue weighted by Gasteiger charge is 2.09. The van der Waals surface area contributed by atoms with Crippen molar-refractivity contribution in [2.24, 2.45) is 0 Å². The summed E-state index contributed by atoms with van der Waals surface area (Å²) < 4.78 is 21.4. The summed E-state index contributed by atoms with van der Waals surface area (Å²) in [5, 5.41) is -1.60. The number of rotatable bonds is 1. The van der Waals surface area contributed by atoms with E-state index in [9.17, 15) is 8.78 Å². The Hall–Kier alpha value is 0.110. The first kappa shape index (κ1) is 10.2. The molecule has 0 bridgehead atoms. The molecule has 0 N–H and O–H groups in total. The zero-order chi connectivity index (χ0) is 5.15. The van der Waals surface area contributed by atoms with E-state index < -0.39 is 11.7 Å². The highest BCUT2D eigenvalue weighted by atomic mass is 35.5. The highest BCUT2D eigenvalue weighted by Crippen LogP contribution is 1.95. The van der Waals surface area contributed by atoms with Crippen molar-refractivity contribution < 1.29 is 13.6 Å². The lowest BCUT2D eigenvalue weighted by Gasteiger charge is -1.79. The molecule has 0 heterocycles. The maximum absolute atomic E-state index is 10.7. The van der Waals surface area contributed by atoms with Crippen molar-refractivity contribution in [2.45, 2.75) is 6.43 Å². The monoisotopic (exact) mass is 150 g/mol. The fraction of sp³-hybridized carbons (Fsp3) is 0.500. The fourth-order valence-electron chi connectivity index (χ4n) is 0. The van der Waals surface area contributed by atoms with Gasteiger partial charge in [0.15, 0.2) is 0 Å². The molecule has 0 aromatic rings. The van der Waals surface area contributed by atoms with Gasteiger partial charge in [-0.15, -0.1) is 12.4 Å². The predicted octanol–water partition coefficient (Wildman–Crippen LogP) is 1.44. The molecule has 0 unspecified atom stereocenters. The zero-order valence-corrected chi connectivity index (χ0v) is 4.60. The number of hydrogen-bond donors (Lipinski definition) is 0. The summed E-state index contributed by atoms with van der Waals surface area (Å²) in [6.07, 6.45) is -3.02. The molecule has 0 atom stereocenters. The largest absolute Gasteiger partial charge is 0.310 e. The molecule has 0 aromatic carbocycles. The molecule has 0 aliphatic carbocycles. The topological polar surface area (TPSA) is 17.1 Å². The molecule has 0 rings (SSSR count). The first-order valence-electron chi connectivity index (χ1n) is 1.12. The van der Waals surface area contributed by atoms with E-state index in [1.54, 1.807) is 0 Å². The number of carbonyl (C=O) groups excluding carboxylic acids is 1. The summed E-state index contributed by atoms with van der Waals surface area (Å²) in [4.78, 5) is 9.16. The van der Waals surface area contributed by atoms with Crippen LogP contribution in [0.1, 0.15) is 0 Å². The Morgan fingerprint density at radius 1 is 1.57 bits per heavy atom. The zero-order valence-electron chi connectivity index (χ0n) is 3.03. The van der Waals surface area contributed by atoms with Crippen molar-refractivity contribution in [2.75, 3.05) is 0 Å². The highest BCUT2D eigenvalue weighted by molar-refractivity contribution is 6.64. The molecule has 0 aliphatic rings. The van der Waals surface area contributed by atoms with Crippen molar-refractivity contribution in [3.05, 3.63) is 0 Å². The molecule has 0 saturated carbocycles. The molecule has 0 saturated heterocycles. The molecule has 0 amide bonds. The molecule has 1 nitrogen and oxygen atoms in total. The third-order valence-corrected chi connectivity index (χ3v) is 0.337. The van der Waals surface area contributed by atoms with Crippen LogP contribution in [0, 0.1) is 0 Å². The number of halogens is 4. The predicted molar refractivity (Wildman–Crippen MR) is 24.1 cm³/mol. The molecule has 7 heavy (non-hydrogen) atoms. The normalized spacial score (nSPS) is 8.00. The average Bonchev–Trinajstić information content (AvgIpc) is 1.36. The Bertz CT molecular complexity index is 64.7. The van der Waals surface area contributed by atoms with Crippen LogP contribution in [0.2, 0.25) is 0 Å². The minimum atomic E-state index is -3.02. The summed E-state index contributed by atoms with van der Waals surface area (Å²) >= 11 is 4.22. The number of hydrogen-bond acceptors (Lipinski definition) is 1. The van der Waals surface area contributed by atoms with Gasteiger partial charge in [-0.2, -0.15) is 0 Å². The van der Waals surface area contributed by atoms with Crippen LogP contribution in [0.5, 0.6) is 0 Å². The van der Waals surface area contributed by atoms with Crippen LogP contribution < -0.4 is 0 Å². The third-order valence-electron chi connectivity index (χ3n) is 0.172. The summed E-state index contributed by atoms with van der Waals surface area (Å²) in [5.41, 5.74) is 0. The molecule has 0 aliphatic heterocycles. The minimum absolute atomic E-state index is 0. The average molecular weight is 151 g/mol. The van der Waals surface area contributed by atoms with Gasteiger partial charge in [0.1, 0.15) is 0 Å². The van der Waals surface area contributed by atoms with Crippen LogP contribution in [0.25, 0.3) is 0 Å². The van der Waals surface area contributed by atoms with Gasteiger partial charge in [-0.25, -0.2) is 8.78 Å². The van der Waals surface area contributed by atoms with E-state index in [1.165, 1.54) is 0 Å². The van der Waals surface area contributed by atoms with Gasteiger partial charge < -0.3 is 0 Å². The van der Waals surface area contributed by atoms with Crippen molar-refractivity contribution >= 4 is 29.3 Å². The van der Waals surface area contributed by atoms with Crippen LogP contribution in [0.15, 0.2) is 0 Å². The van der Waals surface area contributed by atoms with Crippen molar-refractivity contribution in [1.82, 2.24) is 0 Å². The Morgan fingerprint density at radius 3 is 1.71 bits per heavy atom. The second kappa shape index (κ2) is 4.27. The van der Waals surface area contributed by atoms with Gasteiger partial charge >= 0.3 is 6.43 Å². The Morgan fingerprint density at radius 2 is 1.71 bits per heavy atom. The summed E-state index contributed by atoms with van der Waals surface area (Å²) in [6.45, 7) is 0. The third kappa shape index (κ3) is 6.11. The van der Waals surface area contributed by atoms with Crippen LogP contribution in [-0.4, -0.2) is 11.7 Å². The molecular formula is C2H2Cl2F2O.